The van der Waals surface area contributed by atoms with E-state index in [0.717, 1.165) is 13.2 Å². The summed E-state index contributed by atoms with van der Waals surface area (Å²) in [7, 11) is 0.993. The van der Waals surface area contributed by atoms with E-state index in [1.807, 2.05) is 0 Å². The molecule has 18 heavy (non-hydrogen) atoms. The van der Waals surface area contributed by atoms with Gasteiger partial charge in [0.25, 0.3) is 0 Å². The van der Waals surface area contributed by atoms with E-state index in [0.29, 0.717) is 0 Å². The highest BCUT2D eigenvalue weighted by Crippen LogP contribution is 2.32. The highest BCUT2D eigenvalue weighted by Gasteiger charge is 2.35. The van der Waals surface area contributed by atoms with Crippen LogP contribution in [0, 0.1) is 0 Å². The largest absolute Gasteiger partial charge is 0.573 e. The molecule has 0 saturated heterocycles. The predicted octanol–water partition coefficient (Wildman–Crippen LogP) is 0.808. The van der Waals surface area contributed by atoms with Crippen LogP contribution in [0.25, 0.3) is 0 Å². The number of alkyl halides is 3. The fourth-order valence-corrected chi connectivity index (χ4v) is 1.17. The number of methoxy groups -OCH3 is 1. The maximum atomic E-state index is 12.2. The molecule has 100 valence electrons. The average Bonchev–Trinajstić information content (AvgIpc) is 2.28. The smallest absolute Gasteiger partial charge is 0.464 e. The summed E-state index contributed by atoms with van der Waals surface area (Å²) in [5.41, 5.74) is 9.71. The lowest BCUT2D eigenvalue weighted by Gasteiger charge is -2.14. The van der Waals surface area contributed by atoms with Gasteiger partial charge in [-0.3, -0.25) is 0 Å². The van der Waals surface area contributed by atoms with Crippen molar-refractivity contribution < 1.29 is 27.4 Å². The summed E-state index contributed by atoms with van der Waals surface area (Å²) in [6.45, 7) is -0.0967. The molecule has 1 rings (SSSR count). The Morgan fingerprint density at radius 1 is 1.50 bits per heavy atom. The number of carbonyl (C=O) groups excluding carboxylic acids is 1. The van der Waals surface area contributed by atoms with Crippen LogP contribution in [0.15, 0.2) is 6.07 Å². The van der Waals surface area contributed by atoms with Crippen molar-refractivity contribution in [1.29, 1.82) is 0 Å². The van der Waals surface area contributed by atoms with Gasteiger partial charge in [0.1, 0.15) is 0 Å². The van der Waals surface area contributed by atoms with Gasteiger partial charge in [0.2, 0.25) is 0 Å². The fraction of sp³-hybridized carbons (Fsp3) is 0.333. The standard InChI is InChI=1S/C9H10F3N3O3/c1-17-8(16)6-7(18-9(10,11)12)5(14)2-4(3-13)15-6/h2H,3,13H2,1H3,(H2,14,15). The summed E-state index contributed by atoms with van der Waals surface area (Å²) in [6, 6.07) is 1.09. The van der Waals surface area contributed by atoms with Crippen molar-refractivity contribution >= 4 is 11.7 Å². The first-order chi connectivity index (χ1) is 8.28. The number of rotatable bonds is 3. The van der Waals surface area contributed by atoms with E-state index in [1.54, 1.807) is 0 Å². The number of esters is 1. The van der Waals surface area contributed by atoms with Crippen molar-refractivity contribution in [3.8, 4) is 5.75 Å². The van der Waals surface area contributed by atoms with Crippen LogP contribution >= 0.6 is 0 Å². The number of hydrogen-bond acceptors (Lipinski definition) is 6. The maximum absolute atomic E-state index is 12.2. The molecule has 0 bridgehead atoms. The number of aromatic nitrogens is 1. The van der Waals surface area contributed by atoms with Gasteiger partial charge >= 0.3 is 12.3 Å². The number of nitrogens with zero attached hydrogens (tertiary/aromatic N) is 1. The second-order valence-corrected chi connectivity index (χ2v) is 3.12. The number of nitrogen functional groups attached to an aromatic ring is 1. The molecule has 4 N–H and O–H groups in total. The van der Waals surface area contributed by atoms with Gasteiger partial charge in [-0.25, -0.2) is 9.78 Å². The Morgan fingerprint density at radius 3 is 2.56 bits per heavy atom. The van der Waals surface area contributed by atoms with Gasteiger partial charge in [-0.15, -0.1) is 13.2 Å². The topological polar surface area (TPSA) is 100 Å². The third-order valence-corrected chi connectivity index (χ3v) is 1.86. The first-order valence-electron chi connectivity index (χ1n) is 4.62. The van der Waals surface area contributed by atoms with Gasteiger partial charge in [-0.1, -0.05) is 0 Å². The number of hydrogen-bond donors (Lipinski definition) is 2. The van der Waals surface area contributed by atoms with Crippen LogP contribution in [-0.2, 0) is 11.3 Å². The Kier molecular flexibility index (Phi) is 3.96. The summed E-state index contributed by atoms with van der Waals surface area (Å²) in [4.78, 5) is 14.9. The molecule has 1 heterocycles. The van der Waals surface area contributed by atoms with Crippen LogP contribution in [-0.4, -0.2) is 24.4 Å². The lowest BCUT2D eigenvalue weighted by Crippen LogP contribution is -2.22. The normalized spacial score (nSPS) is 11.2. The van der Waals surface area contributed by atoms with Crippen molar-refractivity contribution in [3.05, 3.63) is 17.5 Å². The van der Waals surface area contributed by atoms with Crippen molar-refractivity contribution in [2.24, 2.45) is 5.73 Å². The first-order valence-corrected chi connectivity index (χ1v) is 4.62. The number of ether oxygens (including phenoxy) is 2. The minimum atomic E-state index is -5.00. The van der Waals surface area contributed by atoms with Gasteiger partial charge in [-0.2, -0.15) is 0 Å². The highest BCUT2D eigenvalue weighted by molar-refractivity contribution is 5.92. The summed E-state index contributed by atoms with van der Waals surface area (Å²) in [6.07, 6.45) is -5.00. The Morgan fingerprint density at radius 2 is 2.11 bits per heavy atom. The average molecular weight is 265 g/mol. The zero-order valence-corrected chi connectivity index (χ0v) is 9.25. The van der Waals surface area contributed by atoms with E-state index in [1.165, 1.54) is 0 Å². The van der Waals surface area contributed by atoms with E-state index in [9.17, 15) is 18.0 Å². The van der Waals surface area contributed by atoms with Gasteiger partial charge in [-0.05, 0) is 6.07 Å². The van der Waals surface area contributed by atoms with Gasteiger partial charge < -0.3 is 20.9 Å². The molecule has 0 aliphatic carbocycles. The molecule has 0 amide bonds. The third kappa shape index (κ3) is 3.23. The number of halogens is 3. The predicted molar refractivity (Wildman–Crippen MR) is 54.6 cm³/mol. The SMILES string of the molecule is COC(=O)c1nc(CN)cc(N)c1OC(F)(F)F. The van der Waals surface area contributed by atoms with Gasteiger partial charge in [0.05, 0.1) is 18.5 Å². The number of carbonyl (C=O) groups is 1. The number of anilines is 1. The van der Waals surface area contributed by atoms with Crippen molar-refractivity contribution in [2.45, 2.75) is 12.9 Å². The molecule has 9 heteroatoms. The second-order valence-electron chi connectivity index (χ2n) is 3.12. The molecule has 0 aliphatic rings. The molecule has 0 unspecified atom stereocenters. The Balaban J connectivity index is 3.33. The van der Waals surface area contributed by atoms with Crippen LogP contribution in [0.5, 0.6) is 5.75 Å². The summed E-state index contributed by atoms with van der Waals surface area (Å²) < 4.78 is 44.5. The van der Waals surface area contributed by atoms with Crippen LogP contribution in [0.3, 0.4) is 0 Å². The lowest BCUT2D eigenvalue weighted by atomic mass is 10.2. The molecule has 0 aliphatic heterocycles. The number of nitrogens with two attached hydrogens (primary N) is 2. The zero-order chi connectivity index (χ0) is 13.9. The molecule has 1 aromatic rings. The van der Waals surface area contributed by atoms with Crippen LogP contribution in [0.2, 0.25) is 0 Å². The van der Waals surface area contributed by atoms with E-state index >= 15 is 0 Å². The molecule has 6 nitrogen and oxygen atoms in total. The Bertz CT molecular complexity index is 462. The lowest BCUT2D eigenvalue weighted by molar-refractivity contribution is -0.274. The van der Waals surface area contributed by atoms with E-state index in [-0.39, 0.29) is 12.2 Å². The van der Waals surface area contributed by atoms with E-state index < -0.39 is 29.5 Å². The van der Waals surface area contributed by atoms with Crippen molar-refractivity contribution in [1.82, 2.24) is 4.98 Å². The zero-order valence-electron chi connectivity index (χ0n) is 9.25. The molecule has 0 atom stereocenters. The molecular formula is C9H10F3N3O3. The summed E-state index contributed by atoms with van der Waals surface area (Å²) in [5.74, 6) is -2.00. The molecule has 1 aromatic heterocycles. The molecule has 0 radical (unpaired) electrons. The van der Waals surface area contributed by atoms with Crippen LogP contribution in [0.1, 0.15) is 16.2 Å². The molecule has 0 spiro atoms. The number of pyridine rings is 1. The van der Waals surface area contributed by atoms with Crippen molar-refractivity contribution in [3.63, 3.8) is 0 Å². The third-order valence-electron chi connectivity index (χ3n) is 1.86. The monoisotopic (exact) mass is 265 g/mol. The quantitative estimate of drug-likeness (QED) is 0.784. The maximum Gasteiger partial charge on any atom is 0.573 e. The summed E-state index contributed by atoms with van der Waals surface area (Å²) >= 11 is 0. The van der Waals surface area contributed by atoms with Crippen LogP contribution in [0.4, 0.5) is 18.9 Å². The van der Waals surface area contributed by atoms with E-state index in [2.05, 4.69) is 14.5 Å². The molecular weight excluding hydrogens is 255 g/mol. The van der Waals surface area contributed by atoms with E-state index in [4.69, 9.17) is 11.5 Å². The molecule has 0 fully saturated rings. The Labute approximate surface area is 99.7 Å². The molecule has 0 aromatic carbocycles. The van der Waals surface area contributed by atoms with Crippen molar-refractivity contribution in [2.75, 3.05) is 12.8 Å². The first kappa shape index (κ1) is 14.0. The minimum absolute atomic E-state index is 0.0967. The Hall–Kier alpha value is -2.03. The van der Waals surface area contributed by atoms with Crippen LogP contribution < -0.4 is 16.2 Å². The second kappa shape index (κ2) is 5.08. The highest BCUT2D eigenvalue weighted by atomic mass is 19.4. The molecule has 0 saturated carbocycles. The summed E-state index contributed by atoms with van der Waals surface area (Å²) in [5, 5.41) is 0. The minimum Gasteiger partial charge on any atom is -0.464 e. The fourth-order valence-electron chi connectivity index (χ4n) is 1.17. The van der Waals surface area contributed by atoms with Gasteiger partial charge in [0, 0.05) is 6.54 Å². The van der Waals surface area contributed by atoms with Gasteiger partial charge in [0.15, 0.2) is 11.4 Å².